The molecule has 5 heteroatoms. The van der Waals surface area contributed by atoms with Crippen LogP contribution in [0.4, 0.5) is 0 Å². The van der Waals surface area contributed by atoms with Gasteiger partial charge in [0.2, 0.25) is 0 Å². The van der Waals surface area contributed by atoms with E-state index in [1.165, 1.54) is 0 Å². The Morgan fingerprint density at radius 1 is 1.39 bits per heavy atom. The fourth-order valence-corrected chi connectivity index (χ4v) is 2.48. The predicted molar refractivity (Wildman–Crippen MR) is 74.3 cm³/mol. The van der Waals surface area contributed by atoms with Crippen LogP contribution in [0.2, 0.25) is 0 Å². The van der Waals surface area contributed by atoms with Gasteiger partial charge in [-0.1, -0.05) is 18.2 Å². The van der Waals surface area contributed by atoms with Gasteiger partial charge in [0.25, 0.3) is 0 Å². The van der Waals surface area contributed by atoms with Crippen LogP contribution in [0.25, 0.3) is 21.9 Å². The van der Waals surface area contributed by atoms with Gasteiger partial charge in [-0.3, -0.25) is 4.98 Å². The van der Waals surface area contributed by atoms with E-state index in [0.29, 0.717) is 11.4 Å². The maximum atomic E-state index is 5.35. The molecule has 18 heavy (non-hydrogen) atoms. The number of pyridine rings is 1. The smallest absolute Gasteiger partial charge is 0.178 e. The maximum Gasteiger partial charge on any atom is 0.178 e. The van der Waals surface area contributed by atoms with Crippen molar-refractivity contribution in [3.05, 3.63) is 35.2 Å². The van der Waals surface area contributed by atoms with Gasteiger partial charge < -0.3 is 14.3 Å². The van der Waals surface area contributed by atoms with Crippen LogP contribution in [-0.4, -0.2) is 28.3 Å². The van der Waals surface area contributed by atoms with Crippen molar-refractivity contribution in [1.29, 1.82) is 0 Å². The minimum atomic E-state index is 0.637. The molecule has 0 unspecified atom stereocenters. The standard InChI is InChI=1S/C13H13N3OS/c1-17-7-6-16-12-9-4-2-3-5-10(9)14-8-11(12)15-13(16)18/h2-5,8H,6-7H2,1H3,(H,15,18). The average Bonchev–Trinajstić information content (AvgIpc) is 2.72. The number of aromatic nitrogens is 3. The summed E-state index contributed by atoms with van der Waals surface area (Å²) in [4.78, 5) is 7.61. The third-order valence-corrected chi connectivity index (χ3v) is 3.35. The topological polar surface area (TPSA) is 42.8 Å². The van der Waals surface area contributed by atoms with E-state index in [4.69, 9.17) is 17.0 Å². The highest BCUT2D eigenvalue weighted by atomic mass is 32.1. The summed E-state index contributed by atoms with van der Waals surface area (Å²) in [6, 6.07) is 8.07. The Hall–Kier alpha value is -1.72. The maximum absolute atomic E-state index is 5.35. The first-order chi connectivity index (χ1) is 8.81. The van der Waals surface area contributed by atoms with Crippen molar-refractivity contribution in [2.24, 2.45) is 0 Å². The molecule has 1 aromatic carbocycles. The molecule has 0 spiro atoms. The first-order valence-corrected chi connectivity index (χ1v) is 6.17. The number of methoxy groups -OCH3 is 1. The summed E-state index contributed by atoms with van der Waals surface area (Å²) < 4.78 is 7.91. The summed E-state index contributed by atoms with van der Waals surface area (Å²) in [5.74, 6) is 0. The van der Waals surface area contributed by atoms with Crippen molar-refractivity contribution >= 4 is 34.2 Å². The lowest BCUT2D eigenvalue weighted by Crippen LogP contribution is -2.04. The van der Waals surface area contributed by atoms with Crippen LogP contribution in [0.15, 0.2) is 30.5 Å². The summed E-state index contributed by atoms with van der Waals surface area (Å²) in [6.07, 6.45) is 1.83. The molecule has 0 aliphatic heterocycles. The number of aromatic amines is 1. The van der Waals surface area contributed by atoms with E-state index in [-0.39, 0.29) is 0 Å². The van der Waals surface area contributed by atoms with Gasteiger partial charge in [0.1, 0.15) is 0 Å². The van der Waals surface area contributed by atoms with Crippen LogP contribution in [-0.2, 0) is 11.3 Å². The third kappa shape index (κ3) is 1.72. The monoisotopic (exact) mass is 259 g/mol. The van der Waals surface area contributed by atoms with E-state index in [9.17, 15) is 0 Å². The van der Waals surface area contributed by atoms with Gasteiger partial charge in [-0.2, -0.15) is 0 Å². The fourth-order valence-electron chi connectivity index (χ4n) is 2.19. The van der Waals surface area contributed by atoms with Crippen LogP contribution in [0.1, 0.15) is 0 Å². The van der Waals surface area contributed by atoms with Gasteiger partial charge in [-0.05, 0) is 18.3 Å². The largest absolute Gasteiger partial charge is 0.383 e. The van der Waals surface area contributed by atoms with Gasteiger partial charge in [-0.15, -0.1) is 0 Å². The molecule has 3 aromatic rings. The molecule has 0 saturated carbocycles. The molecular weight excluding hydrogens is 246 g/mol. The number of H-pyrrole nitrogens is 1. The second-order valence-electron chi connectivity index (χ2n) is 4.11. The zero-order valence-electron chi connectivity index (χ0n) is 10.0. The van der Waals surface area contributed by atoms with Crippen molar-refractivity contribution in [2.45, 2.75) is 6.54 Å². The van der Waals surface area contributed by atoms with E-state index < -0.39 is 0 Å². The van der Waals surface area contributed by atoms with E-state index >= 15 is 0 Å². The highest BCUT2D eigenvalue weighted by Crippen LogP contribution is 2.23. The van der Waals surface area contributed by atoms with Crippen LogP contribution in [0.5, 0.6) is 0 Å². The summed E-state index contributed by atoms with van der Waals surface area (Å²) in [6.45, 7) is 1.38. The van der Waals surface area contributed by atoms with Crippen molar-refractivity contribution in [3.8, 4) is 0 Å². The van der Waals surface area contributed by atoms with Crippen LogP contribution in [0, 0.1) is 4.77 Å². The number of hydrogen-bond donors (Lipinski definition) is 1. The first-order valence-electron chi connectivity index (χ1n) is 5.76. The van der Waals surface area contributed by atoms with Gasteiger partial charge in [0.05, 0.1) is 29.4 Å². The minimum absolute atomic E-state index is 0.637. The van der Waals surface area contributed by atoms with Crippen molar-refractivity contribution < 1.29 is 4.74 Å². The van der Waals surface area contributed by atoms with Gasteiger partial charge in [-0.25, -0.2) is 0 Å². The Morgan fingerprint density at radius 2 is 2.22 bits per heavy atom. The molecule has 0 bridgehead atoms. The fraction of sp³-hybridized carbons (Fsp3) is 0.231. The lowest BCUT2D eigenvalue weighted by molar-refractivity contribution is 0.188. The lowest BCUT2D eigenvalue weighted by Gasteiger charge is -2.05. The molecular formula is C13H13N3OS. The Morgan fingerprint density at radius 3 is 3.06 bits per heavy atom. The molecule has 4 nitrogen and oxygen atoms in total. The summed E-state index contributed by atoms with van der Waals surface area (Å²) in [7, 11) is 1.69. The Labute approximate surface area is 109 Å². The summed E-state index contributed by atoms with van der Waals surface area (Å²) in [5, 5.41) is 1.11. The molecule has 0 amide bonds. The number of ether oxygens (including phenoxy) is 1. The van der Waals surface area contributed by atoms with Crippen LogP contribution >= 0.6 is 12.2 Å². The van der Waals surface area contributed by atoms with E-state index in [2.05, 4.69) is 20.6 Å². The van der Waals surface area contributed by atoms with Crippen LogP contribution in [0.3, 0.4) is 0 Å². The Bertz CT molecular complexity index is 760. The SMILES string of the molecule is COCCn1c(=S)[nH]c2cnc3ccccc3c21. The van der Waals surface area contributed by atoms with Crippen molar-refractivity contribution in [2.75, 3.05) is 13.7 Å². The Kier molecular flexibility index (Phi) is 2.85. The van der Waals surface area contributed by atoms with Crippen LogP contribution < -0.4 is 0 Å². The lowest BCUT2D eigenvalue weighted by atomic mass is 10.2. The normalized spacial score (nSPS) is 11.4. The number of hydrogen-bond acceptors (Lipinski definition) is 3. The van der Waals surface area contributed by atoms with Gasteiger partial charge in [0.15, 0.2) is 4.77 Å². The molecule has 0 aliphatic rings. The van der Waals surface area contributed by atoms with Crippen molar-refractivity contribution in [1.82, 2.24) is 14.5 Å². The zero-order valence-corrected chi connectivity index (χ0v) is 10.8. The zero-order chi connectivity index (χ0) is 12.5. The number of nitrogens with one attached hydrogen (secondary N) is 1. The molecule has 2 heterocycles. The molecule has 1 N–H and O–H groups in total. The Balaban J connectivity index is 2.36. The first kappa shape index (κ1) is 11.4. The predicted octanol–water partition coefficient (Wildman–Crippen LogP) is 2.89. The molecule has 0 aliphatic carbocycles. The molecule has 3 rings (SSSR count). The number of imidazole rings is 1. The number of para-hydroxylation sites is 1. The number of fused-ring (bicyclic) bond motifs is 3. The van der Waals surface area contributed by atoms with Gasteiger partial charge in [0, 0.05) is 19.0 Å². The molecule has 92 valence electrons. The molecule has 0 atom stereocenters. The second-order valence-corrected chi connectivity index (χ2v) is 4.50. The molecule has 2 aromatic heterocycles. The average molecular weight is 259 g/mol. The third-order valence-electron chi connectivity index (χ3n) is 3.02. The molecule has 0 fully saturated rings. The molecule has 0 radical (unpaired) electrons. The van der Waals surface area contributed by atoms with E-state index in [0.717, 1.165) is 28.5 Å². The summed E-state index contributed by atoms with van der Waals surface area (Å²) >= 11 is 5.35. The molecule has 0 saturated heterocycles. The van der Waals surface area contributed by atoms with E-state index in [1.54, 1.807) is 7.11 Å². The summed E-state index contributed by atoms with van der Waals surface area (Å²) in [5.41, 5.74) is 3.04. The minimum Gasteiger partial charge on any atom is -0.383 e. The number of rotatable bonds is 3. The highest BCUT2D eigenvalue weighted by molar-refractivity contribution is 7.71. The highest BCUT2D eigenvalue weighted by Gasteiger charge is 2.08. The van der Waals surface area contributed by atoms with E-state index in [1.807, 2.05) is 24.4 Å². The van der Waals surface area contributed by atoms with Crippen molar-refractivity contribution in [3.63, 3.8) is 0 Å². The second kappa shape index (κ2) is 4.51. The number of benzene rings is 1. The quantitative estimate of drug-likeness (QED) is 0.735. The van der Waals surface area contributed by atoms with Gasteiger partial charge >= 0.3 is 0 Å². The number of nitrogens with zero attached hydrogens (tertiary/aromatic N) is 2.